The van der Waals surface area contributed by atoms with E-state index in [1.165, 1.54) is 5.56 Å². The zero-order chi connectivity index (χ0) is 11.8. The monoisotopic (exact) mass is 226 g/mol. The van der Waals surface area contributed by atoms with Crippen LogP contribution in [0, 0.1) is 0 Å². The Balaban J connectivity index is 1.72. The van der Waals surface area contributed by atoms with Gasteiger partial charge in [-0.15, -0.1) is 0 Å². The number of hydrogen-bond acceptors (Lipinski definition) is 3. The Morgan fingerprint density at radius 1 is 1.06 bits per heavy atom. The number of aromatic nitrogens is 1. The first-order valence-electron chi connectivity index (χ1n) is 5.55. The van der Waals surface area contributed by atoms with Gasteiger partial charge < -0.3 is 4.84 Å². The fourth-order valence-electron chi connectivity index (χ4n) is 1.40. The Morgan fingerprint density at radius 3 is 2.65 bits per heavy atom. The lowest BCUT2D eigenvalue weighted by molar-refractivity contribution is 0.149. The largest absolute Gasteiger partial charge is 0.395 e. The first-order valence-corrected chi connectivity index (χ1v) is 5.55. The van der Waals surface area contributed by atoms with E-state index in [0.717, 1.165) is 12.1 Å². The molecule has 0 aliphatic heterocycles. The van der Waals surface area contributed by atoms with Crippen LogP contribution < -0.4 is 0 Å². The van der Waals surface area contributed by atoms with Crippen LogP contribution in [0.15, 0.2) is 59.9 Å². The molecule has 0 amide bonds. The van der Waals surface area contributed by atoms with E-state index < -0.39 is 0 Å². The van der Waals surface area contributed by atoms with E-state index in [4.69, 9.17) is 4.84 Å². The van der Waals surface area contributed by atoms with Crippen molar-refractivity contribution >= 4 is 6.21 Å². The number of rotatable bonds is 5. The van der Waals surface area contributed by atoms with Crippen molar-refractivity contribution in [3.8, 4) is 0 Å². The van der Waals surface area contributed by atoms with Gasteiger partial charge >= 0.3 is 0 Å². The van der Waals surface area contributed by atoms with E-state index in [-0.39, 0.29) is 0 Å². The van der Waals surface area contributed by atoms with Crippen LogP contribution in [0.5, 0.6) is 0 Å². The molecule has 0 unspecified atom stereocenters. The van der Waals surface area contributed by atoms with Crippen LogP contribution in [0.1, 0.15) is 11.3 Å². The topological polar surface area (TPSA) is 34.5 Å². The fraction of sp³-hybridized carbons (Fsp3) is 0.143. The average molecular weight is 226 g/mol. The van der Waals surface area contributed by atoms with E-state index in [1.807, 2.05) is 36.4 Å². The lowest BCUT2D eigenvalue weighted by atomic mass is 10.2. The van der Waals surface area contributed by atoms with Crippen LogP contribution in [0.25, 0.3) is 0 Å². The van der Waals surface area contributed by atoms with Gasteiger partial charge in [-0.3, -0.25) is 4.98 Å². The minimum Gasteiger partial charge on any atom is -0.395 e. The lowest BCUT2D eigenvalue weighted by Crippen LogP contribution is -1.94. The molecule has 1 heterocycles. The summed E-state index contributed by atoms with van der Waals surface area (Å²) in [5.74, 6) is 0. The summed E-state index contributed by atoms with van der Waals surface area (Å²) in [6, 6.07) is 15.9. The first kappa shape index (κ1) is 11.3. The third kappa shape index (κ3) is 4.07. The number of hydrogen-bond donors (Lipinski definition) is 0. The van der Waals surface area contributed by atoms with E-state index in [0.29, 0.717) is 6.61 Å². The highest BCUT2D eigenvalue weighted by Crippen LogP contribution is 1.99. The highest BCUT2D eigenvalue weighted by molar-refractivity contribution is 5.76. The molecule has 0 radical (unpaired) electrons. The van der Waals surface area contributed by atoms with Crippen molar-refractivity contribution in [2.24, 2.45) is 5.16 Å². The minimum absolute atomic E-state index is 0.577. The average Bonchev–Trinajstić information content (AvgIpc) is 2.41. The van der Waals surface area contributed by atoms with Gasteiger partial charge in [-0.2, -0.15) is 0 Å². The van der Waals surface area contributed by atoms with Gasteiger partial charge in [-0.1, -0.05) is 41.6 Å². The maximum absolute atomic E-state index is 5.17. The van der Waals surface area contributed by atoms with E-state index in [9.17, 15) is 0 Å². The normalized spacial score (nSPS) is 10.6. The second kappa shape index (κ2) is 6.43. The van der Waals surface area contributed by atoms with Crippen molar-refractivity contribution in [3.05, 3.63) is 66.0 Å². The van der Waals surface area contributed by atoms with Crippen molar-refractivity contribution in [1.29, 1.82) is 0 Å². The molecular weight excluding hydrogens is 212 g/mol. The molecule has 2 aromatic rings. The smallest absolute Gasteiger partial charge is 0.121 e. The van der Waals surface area contributed by atoms with Gasteiger partial charge in [0.05, 0.1) is 11.9 Å². The molecule has 0 saturated carbocycles. The Hall–Kier alpha value is -2.16. The van der Waals surface area contributed by atoms with Crippen LogP contribution in [-0.4, -0.2) is 17.8 Å². The summed E-state index contributed by atoms with van der Waals surface area (Å²) in [5, 5.41) is 3.87. The molecule has 3 nitrogen and oxygen atoms in total. The van der Waals surface area contributed by atoms with Gasteiger partial charge in [0.15, 0.2) is 0 Å². The van der Waals surface area contributed by atoms with Gasteiger partial charge in [0.25, 0.3) is 0 Å². The summed E-state index contributed by atoms with van der Waals surface area (Å²) in [5.41, 5.74) is 2.05. The lowest BCUT2D eigenvalue weighted by Gasteiger charge is -1.99. The number of benzene rings is 1. The van der Waals surface area contributed by atoms with Crippen LogP contribution in [0.3, 0.4) is 0 Å². The Kier molecular flexibility index (Phi) is 4.28. The van der Waals surface area contributed by atoms with Gasteiger partial charge in [-0.25, -0.2) is 0 Å². The quantitative estimate of drug-likeness (QED) is 0.446. The number of nitrogens with zero attached hydrogens (tertiary/aromatic N) is 2. The highest BCUT2D eigenvalue weighted by atomic mass is 16.6. The van der Waals surface area contributed by atoms with Crippen LogP contribution in [0.2, 0.25) is 0 Å². The predicted molar refractivity (Wildman–Crippen MR) is 67.9 cm³/mol. The molecule has 0 atom stereocenters. The SMILES string of the molecule is C(=N/OCCc1ccccc1)/c1ccccn1. The molecule has 0 spiro atoms. The fourth-order valence-corrected chi connectivity index (χ4v) is 1.40. The third-order valence-corrected chi connectivity index (χ3v) is 2.27. The molecule has 1 aromatic carbocycles. The number of oxime groups is 1. The molecule has 0 fully saturated rings. The van der Waals surface area contributed by atoms with Crippen LogP contribution in [0.4, 0.5) is 0 Å². The molecule has 0 aliphatic rings. The Labute approximate surface area is 101 Å². The van der Waals surface area contributed by atoms with E-state index in [2.05, 4.69) is 22.3 Å². The molecule has 0 saturated heterocycles. The Bertz CT molecular complexity index is 454. The maximum Gasteiger partial charge on any atom is 0.121 e. The first-order chi connectivity index (χ1) is 8.45. The maximum atomic E-state index is 5.17. The molecule has 0 N–H and O–H groups in total. The molecule has 17 heavy (non-hydrogen) atoms. The molecule has 0 bridgehead atoms. The molecular formula is C14H14N2O. The van der Waals surface area contributed by atoms with Gasteiger partial charge in [-0.05, 0) is 17.7 Å². The van der Waals surface area contributed by atoms with Crippen LogP contribution in [-0.2, 0) is 11.3 Å². The van der Waals surface area contributed by atoms with Gasteiger partial charge in [0.2, 0.25) is 0 Å². The Morgan fingerprint density at radius 2 is 1.88 bits per heavy atom. The van der Waals surface area contributed by atoms with E-state index >= 15 is 0 Å². The zero-order valence-electron chi connectivity index (χ0n) is 9.49. The summed E-state index contributed by atoms with van der Waals surface area (Å²) in [6.45, 7) is 0.577. The molecule has 3 heteroatoms. The number of pyridine rings is 1. The van der Waals surface area contributed by atoms with Gasteiger partial charge in [0.1, 0.15) is 6.61 Å². The summed E-state index contributed by atoms with van der Waals surface area (Å²) in [6.07, 6.45) is 4.21. The molecule has 86 valence electrons. The zero-order valence-corrected chi connectivity index (χ0v) is 9.49. The van der Waals surface area contributed by atoms with Crippen molar-refractivity contribution in [2.45, 2.75) is 6.42 Å². The molecule has 2 rings (SSSR count). The predicted octanol–water partition coefficient (Wildman–Crippen LogP) is 2.67. The second-order valence-corrected chi connectivity index (χ2v) is 3.56. The minimum atomic E-state index is 0.577. The van der Waals surface area contributed by atoms with Crippen molar-refractivity contribution < 1.29 is 4.84 Å². The van der Waals surface area contributed by atoms with Gasteiger partial charge in [0, 0.05) is 12.6 Å². The molecule has 1 aromatic heterocycles. The van der Waals surface area contributed by atoms with Crippen LogP contribution >= 0.6 is 0 Å². The van der Waals surface area contributed by atoms with Crippen molar-refractivity contribution in [3.63, 3.8) is 0 Å². The van der Waals surface area contributed by atoms with E-state index in [1.54, 1.807) is 12.4 Å². The highest BCUT2D eigenvalue weighted by Gasteiger charge is 1.91. The second-order valence-electron chi connectivity index (χ2n) is 3.56. The third-order valence-electron chi connectivity index (χ3n) is 2.27. The summed E-state index contributed by atoms with van der Waals surface area (Å²) in [4.78, 5) is 9.28. The summed E-state index contributed by atoms with van der Waals surface area (Å²) < 4.78 is 0. The molecule has 0 aliphatic carbocycles. The standard InChI is InChI=1S/C14H14N2O/c1-2-6-13(7-3-1)9-11-17-16-12-14-8-4-5-10-15-14/h1-8,10,12H,9,11H2/b16-12-. The summed E-state index contributed by atoms with van der Waals surface area (Å²) in [7, 11) is 0. The summed E-state index contributed by atoms with van der Waals surface area (Å²) >= 11 is 0. The van der Waals surface area contributed by atoms with Crippen molar-refractivity contribution in [2.75, 3.05) is 6.61 Å². The van der Waals surface area contributed by atoms with Crippen molar-refractivity contribution in [1.82, 2.24) is 4.98 Å².